The quantitative estimate of drug-likeness (QED) is 0.689. The molecule has 0 radical (unpaired) electrons. The molecule has 68 valence electrons. The highest BCUT2D eigenvalue weighted by Gasteiger charge is 2.01. The molecule has 0 spiro atoms. The van der Waals surface area contributed by atoms with Crippen molar-refractivity contribution in [3.8, 4) is 0 Å². The number of rotatable bonds is 2. The third kappa shape index (κ3) is 2.25. The maximum Gasteiger partial charge on any atom is 0.116 e. The highest BCUT2D eigenvalue weighted by Crippen LogP contribution is 2.15. The predicted octanol–water partition coefficient (Wildman–Crippen LogP) is 2.93. The second kappa shape index (κ2) is 4.55. The summed E-state index contributed by atoms with van der Waals surface area (Å²) < 4.78 is 0. The third-order valence-electron chi connectivity index (χ3n) is 1.89. The van der Waals surface area contributed by atoms with E-state index in [0.717, 1.165) is 11.3 Å². The number of hydrogen-bond acceptors (Lipinski definition) is 2. The molecule has 0 aliphatic carbocycles. The van der Waals surface area contributed by atoms with E-state index in [1.807, 2.05) is 32.2 Å². The monoisotopic (exact) mass is 174 g/mol. The molecule has 0 saturated carbocycles. The Morgan fingerprint density at radius 1 is 1.38 bits per heavy atom. The van der Waals surface area contributed by atoms with Gasteiger partial charge in [0.25, 0.3) is 0 Å². The van der Waals surface area contributed by atoms with Crippen LogP contribution in [-0.2, 0) is 0 Å². The predicted molar refractivity (Wildman–Crippen MR) is 56.1 cm³/mol. The van der Waals surface area contributed by atoms with Crippen molar-refractivity contribution < 1.29 is 0 Å². The van der Waals surface area contributed by atoms with Gasteiger partial charge < -0.3 is 0 Å². The van der Waals surface area contributed by atoms with E-state index in [-0.39, 0.29) is 0 Å². The fraction of sp³-hybridized carbons (Fsp3) is 0.273. The Hall–Kier alpha value is -1.44. The van der Waals surface area contributed by atoms with E-state index in [0.29, 0.717) is 0 Å². The summed E-state index contributed by atoms with van der Waals surface area (Å²) in [6, 6.07) is 0. The van der Waals surface area contributed by atoms with Gasteiger partial charge in [0.2, 0.25) is 0 Å². The van der Waals surface area contributed by atoms with Gasteiger partial charge in [0.05, 0.1) is 5.69 Å². The van der Waals surface area contributed by atoms with Gasteiger partial charge in [-0.3, -0.25) is 0 Å². The first-order valence-electron chi connectivity index (χ1n) is 4.35. The Bertz CT molecular complexity index is 338. The van der Waals surface area contributed by atoms with Crippen molar-refractivity contribution in [3.63, 3.8) is 0 Å². The van der Waals surface area contributed by atoms with E-state index in [1.54, 1.807) is 6.33 Å². The van der Waals surface area contributed by atoms with Crippen LogP contribution in [0.25, 0.3) is 11.6 Å². The lowest BCUT2D eigenvalue weighted by atomic mass is 10.1. The van der Waals surface area contributed by atoms with Crippen molar-refractivity contribution in [2.45, 2.75) is 20.8 Å². The van der Waals surface area contributed by atoms with Crippen LogP contribution in [0.4, 0.5) is 0 Å². The zero-order valence-electron chi connectivity index (χ0n) is 8.28. The van der Waals surface area contributed by atoms with Gasteiger partial charge in [-0.05, 0) is 26.3 Å². The zero-order valence-corrected chi connectivity index (χ0v) is 8.28. The number of aromatic nitrogens is 2. The van der Waals surface area contributed by atoms with Gasteiger partial charge in [-0.15, -0.1) is 0 Å². The number of nitrogens with zero attached hydrogens (tertiary/aromatic N) is 2. The molecule has 0 N–H and O–H groups in total. The van der Waals surface area contributed by atoms with Crippen molar-refractivity contribution >= 4 is 11.6 Å². The fourth-order valence-corrected chi connectivity index (χ4v) is 1.11. The first kappa shape index (κ1) is 9.65. The van der Waals surface area contributed by atoms with Gasteiger partial charge in [0.15, 0.2) is 0 Å². The summed E-state index contributed by atoms with van der Waals surface area (Å²) in [7, 11) is 0. The van der Waals surface area contributed by atoms with Crippen LogP contribution < -0.4 is 0 Å². The van der Waals surface area contributed by atoms with Crippen molar-refractivity contribution in [2.24, 2.45) is 0 Å². The molecular weight excluding hydrogens is 160 g/mol. The summed E-state index contributed by atoms with van der Waals surface area (Å²) in [6.45, 7) is 6.05. The van der Waals surface area contributed by atoms with E-state index in [2.05, 4.69) is 23.0 Å². The maximum atomic E-state index is 4.24. The average molecular weight is 174 g/mol. The average Bonchev–Trinajstić information content (AvgIpc) is 2.18. The Labute approximate surface area is 79.0 Å². The molecule has 0 atom stereocenters. The molecule has 1 aromatic heterocycles. The SMILES string of the molecule is C/C=C\c1cncnc1/C(C)=C\C. The lowest BCUT2D eigenvalue weighted by molar-refractivity contribution is 1.13. The van der Waals surface area contributed by atoms with E-state index >= 15 is 0 Å². The molecule has 0 unspecified atom stereocenters. The van der Waals surface area contributed by atoms with Crippen LogP contribution in [0.1, 0.15) is 32.0 Å². The topological polar surface area (TPSA) is 25.8 Å². The lowest BCUT2D eigenvalue weighted by Gasteiger charge is -2.02. The summed E-state index contributed by atoms with van der Waals surface area (Å²) >= 11 is 0. The molecule has 0 aromatic carbocycles. The van der Waals surface area contributed by atoms with Crippen LogP contribution in [0, 0.1) is 0 Å². The smallest absolute Gasteiger partial charge is 0.116 e. The van der Waals surface area contributed by atoms with Crippen LogP contribution in [-0.4, -0.2) is 9.97 Å². The molecule has 0 saturated heterocycles. The molecule has 0 aliphatic rings. The van der Waals surface area contributed by atoms with Gasteiger partial charge in [0.1, 0.15) is 6.33 Å². The van der Waals surface area contributed by atoms with Gasteiger partial charge in [-0.25, -0.2) is 9.97 Å². The van der Waals surface area contributed by atoms with Crippen LogP contribution in [0.2, 0.25) is 0 Å². The normalized spacial score (nSPS) is 12.4. The largest absolute Gasteiger partial charge is 0.244 e. The minimum atomic E-state index is 1.01. The van der Waals surface area contributed by atoms with Crippen LogP contribution in [0.5, 0.6) is 0 Å². The van der Waals surface area contributed by atoms with E-state index in [4.69, 9.17) is 0 Å². The molecule has 2 heteroatoms. The zero-order chi connectivity index (χ0) is 9.68. The summed E-state index contributed by atoms with van der Waals surface area (Å²) in [5.41, 5.74) is 3.26. The highest BCUT2D eigenvalue weighted by atomic mass is 14.8. The van der Waals surface area contributed by atoms with Crippen molar-refractivity contribution in [3.05, 3.63) is 35.9 Å². The molecule has 1 rings (SSSR count). The lowest BCUT2D eigenvalue weighted by Crippen LogP contribution is -1.91. The number of allylic oxidation sites excluding steroid dienone is 3. The van der Waals surface area contributed by atoms with E-state index < -0.39 is 0 Å². The molecule has 2 nitrogen and oxygen atoms in total. The van der Waals surface area contributed by atoms with Crippen molar-refractivity contribution in [1.82, 2.24) is 9.97 Å². The fourth-order valence-electron chi connectivity index (χ4n) is 1.11. The molecule has 0 amide bonds. The number of hydrogen-bond donors (Lipinski definition) is 0. The van der Waals surface area contributed by atoms with Crippen molar-refractivity contribution in [1.29, 1.82) is 0 Å². The van der Waals surface area contributed by atoms with Gasteiger partial charge in [-0.1, -0.05) is 18.2 Å². The standard InChI is InChI=1S/C11H14N2/c1-4-6-10-7-12-8-13-11(10)9(3)5-2/h4-8H,1-3H3/b6-4-,9-5-. The molecule has 0 bridgehead atoms. The first-order chi connectivity index (χ1) is 6.29. The minimum absolute atomic E-state index is 1.01. The molecule has 1 aromatic rings. The minimum Gasteiger partial charge on any atom is -0.244 e. The summed E-state index contributed by atoms with van der Waals surface area (Å²) in [6.07, 6.45) is 9.47. The Balaban J connectivity index is 3.19. The second-order valence-corrected chi connectivity index (χ2v) is 2.80. The molecule has 0 aliphatic heterocycles. The van der Waals surface area contributed by atoms with Crippen LogP contribution in [0.15, 0.2) is 24.7 Å². The summed E-state index contributed by atoms with van der Waals surface area (Å²) in [4.78, 5) is 8.23. The second-order valence-electron chi connectivity index (χ2n) is 2.80. The summed E-state index contributed by atoms with van der Waals surface area (Å²) in [5, 5.41) is 0. The molecule has 13 heavy (non-hydrogen) atoms. The van der Waals surface area contributed by atoms with Crippen molar-refractivity contribution in [2.75, 3.05) is 0 Å². The Kier molecular flexibility index (Phi) is 3.38. The van der Waals surface area contributed by atoms with Gasteiger partial charge in [0, 0.05) is 11.8 Å². The highest BCUT2D eigenvalue weighted by molar-refractivity contribution is 5.69. The summed E-state index contributed by atoms with van der Waals surface area (Å²) in [5.74, 6) is 0. The Morgan fingerprint density at radius 3 is 2.77 bits per heavy atom. The maximum absolute atomic E-state index is 4.24. The van der Waals surface area contributed by atoms with Crippen LogP contribution in [0.3, 0.4) is 0 Å². The first-order valence-corrected chi connectivity index (χ1v) is 4.35. The third-order valence-corrected chi connectivity index (χ3v) is 1.89. The molecular formula is C11H14N2. The van der Waals surface area contributed by atoms with E-state index in [1.165, 1.54) is 5.57 Å². The van der Waals surface area contributed by atoms with Gasteiger partial charge in [-0.2, -0.15) is 0 Å². The molecule has 1 heterocycles. The Morgan fingerprint density at radius 2 is 2.15 bits per heavy atom. The molecule has 0 fully saturated rings. The van der Waals surface area contributed by atoms with E-state index in [9.17, 15) is 0 Å². The van der Waals surface area contributed by atoms with Gasteiger partial charge >= 0.3 is 0 Å². The van der Waals surface area contributed by atoms with Crippen LogP contribution >= 0.6 is 0 Å².